The van der Waals surface area contributed by atoms with Gasteiger partial charge >= 0.3 is 5.97 Å². The van der Waals surface area contributed by atoms with E-state index in [0.717, 1.165) is 12.8 Å². The number of ether oxygens (including phenoxy) is 2. The van der Waals surface area contributed by atoms with E-state index in [-0.39, 0.29) is 6.10 Å². The molecule has 0 bridgehead atoms. The highest BCUT2D eigenvalue weighted by molar-refractivity contribution is 5.79. The van der Waals surface area contributed by atoms with Crippen LogP contribution in [0, 0.1) is 0 Å². The van der Waals surface area contributed by atoms with Crippen LogP contribution in [0.3, 0.4) is 0 Å². The zero-order valence-electron chi connectivity index (χ0n) is 9.99. The van der Waals surface area contributed by atoms with E-state index in [4.69, 9.17) is 9.47 Å². The number of likely N-dealkylation sites (N-methyl/N-ethyl adjacent to an activating group) is 1. The average molecular weight is 231 g/mol. The normalized spacial score (nSPS) is 30.2. The Morgan fingerprint density at radius 2 is 2.31 bits per heavy atom. The summed E-state index contributed by atoms with van der Waals surface area (Å²) >= 11 is 0. The molecule has 0 spiro atoms. The molecule has 0 amide bonds. The molecule has 1 aliphatic carbocycles. The number of nitrogens with one attached hydrogen (secondary N) is 1. The average Bonchev–Trinajstić information content (AvgIpc) is 2.29. The Kier molecular flexibility index (Phi) is 5.18. The van der Waals surface area contributed by atoms with Crippen LogP contribution in [-0.4, -0.2) is 50.1 Å². The van der Waals surface area contributed by atoms with E-state index in [2.05, 4.69) is 5.32 Å². The van der Waals surface area contributed by atoms with E-state index in [1.807, 2.05) is 0 Å². The van der Waals surface area contributed by atoms with Crippen molar-refractivity contribution in [3.8, 4) is 0 Å². The summed E-state index contributed by atoms with van der Waals surface area (Å²) in [6, 6.07) is 0. The van der Waals surface area contributed by atoms with Gasteiger partial charge in [0.1, 0.15) is 5.54 Å². The molecule has 0 radical (unpaired) electrons. The van der Waals surface area contributed by atoms with E-state index in [1.54, 1.807) is 14.2 Å². The minimum atomic E-state index is -0.810. The zero-order valence-corrected chi connectivity index (χ0v) is 9.99. The number of methoxy groups -OCH3 is 1. The van der Waals surface area contributed by atoms with Gasteiger partial charge in [0.05, 0.1) is 19.3 Å². The van der Waals surface area contributed by atoms with Gasteiger partial charge in [-0.1, -0.05) is 0 Å². The van der Waals surface area contributed by atoms with Crippen LogP contribution < -0.4 is 5.32 Å². The van der Waals surface area contributed by atoms with E-state index >= 15 is 0 Å². The Bertz CT molecular complexity index is 234. The molecule has 94 valence electrons. The lowest BCUT2D eigenvalue weighted by atomic mass is 9.80. The van der Waals surface area contributed by atoms with E-state index < -0.39 is 11.5 Å². The van der Waals surface area contributed by atoms with Crippen molar-refractivity contribution in [2.24, 2.45) is 0 Å². The topological polar surface area (TPSA) is 67.8 Å². The van der Waals surface area contributed by atoms with Crippen LogP contribution in [0.2, 0.25) is 0 Å². The van der Waals surface area contributed by atoms with Crippen LogP contribution >= 0.6 is 0 Å². The van der Waals surface area contributed by atoms with Gasteiger partial charge in [0, 0.05) is 13.5 Å². The third-order valence-electron chi connectivity index (χ3n) is 3.23. The Balaban J connectivity index is 2.48. The van der Waals surface area contributed by atoms with Crippen LogP contribution in [0.25, 0.3) is 0 Å². The Morgan fingerprint density at radius 3 is 2.88 bits per heavy atom. The highest BCUT2D eigenvalue weighted by Gasteiger charge is 2.41. The molecule has 0 aromatic carbocycles. The number of hydrogen-bond donors (Lipinski definition) is 2. The van der Waals surface area contributed by atoms with Gasteiger partial charge in [-0.3, -0.25) is 4.79 Å². The van der Waals surface area contributed by atoms with Crippen LogP contribution in [0.4, 0.5) is 0 Å². The van der Waals surface area contributed by atoms with Crippen molar-refractivity contribution >= 4 is 5.97 Å². The summed E-state index contributed by atoms with van der Waals surface area (Å²) in [6.07, 6.45) is 3.03. The molecule has 2 atom stereocenters. The van der Waals surface area contributed by atoms with Crippen molar-refractivity contribution in [2.75, 3.05) is 27.4 Å². The highest BCUT2D eigenvalue weighted by Crippen LogP contribution is 2.30. The molecule has 0 aromatic heterocycles. The third-order valence-corrected chi connectivity index (χ3v) is 3.23. The van der Waals surface area contributed by atoms with Gasteiger partial charge in [0.25, 0.3) is 0 Å². The fourth-order valence-electron chi connectivity index (χ4n) is 2.19. The molecule has 5 heteroatoms. The predicted octanol–water partition coefficient (Wildman–Crippen LogP) is 0.635. The largest absolute Gasteiger partial charge is 0.480 e. The molecule has 2 N–H and O–H groups in total. The molecular weight excluding hydrogens is 210 g/mol. The van der Waals surface area contributed by atoms with E-state index in [9.17, 15) is 9.90 Å². The second-order valence-corrected chi connectivity index (χ2v) is 4.22. The highest BCUT2D eigenvalue weighted by atomic mass is 16.5. The van der Waals surface area contributed by atoms with Crippen molar-refractivity contribution in [1.29, 1.82) is 0 Å². The summed E-state index contributed by atoms with van der Waals surface area (Å²) in [4.78, 5) is 11.2. The van der Waals surface area contributed by atoms with Crippen molar-refractivity contribution in [1.82, 2.24) is 5.32 Å². The summed E-state index contributed by atoms with van der Waals surface area (Å²) < 4.78 is 10.5. The summed E-state index contributed by atoms with van der Waals surface area (Å²) in [7, 11) is 3.32. The molecule has 2 unspecified atom stereocenters. The number of carboxylic acids is 1. The molecule has 0 aliphatic heterocycles. The second-order valence-electron chi connectivity index (χ2n) is 4.22. The van der Waals surface area contributed by atoms with Gasteiger partial charge in [0.15, 0.2) is 0 Å². The van der Waals surface area contributed by atoms with Crippen molar-refractivity contribution in [2.45, 2.75) is 37.3 Å². The molecule has 1 saturated carbocycles. The molecule has 0 saturated heterocycles. The number of carbonyl (C=O) groups is 1. The quantitative estimate of drug-likeness (QED) is 0.656. The molecule has 1 rings (SSSR count). The molecule has 0 heterocycles. The lowest BCUT2D eigenvalue weighted by molar-refractivity contribution is -0.149. The van der Waals surface area contributed by atoms with Crippen LogP contribution in [0.15, 0.2) is 0 Å². The number of hydrogen-bond acceptors (Lipinski definition) is 4. The van der Waals surface area contributed by atoms with E-state index in [1.165, 1.54) is 0 Å². The molecule has 1 aliphatic rings. The Hall–Kier alpha value is -0.650. The minimum absolute atomic E-state index is 0.0208. The molecular formula is C11H21NO4. The standard InChI is InChI=1S/C11H21NO4/c1-12-11(10(13)14)5-3-4-9(8-11)16-7-6-15-2/h9,12H,3-8H2,1-2H3,(H,13,14). The van der Waals surface area contributed by atoms with Crippen molar-refractivity contribution in [3.05, 3.63) is 0 Å². The lowest BCUT2D eigenvalue weighted by Crippen LogP contribution is -2.54. The van der Waals surface area contributed by atoms with Gasteiger partial charge < -0.3 is 19.9 Å². The summed E-state index contributed by atoms with van der Waals surface area (Å²) in [5, 5.41) is 12.2. The maximum atomic E-state index is 11.2. The molecule has 0 aromatic rings. The zero-order chi connectivity index (χ0) is 12.0. The fraction of sp³-hybridized carbons (Fsp3) is 0.909. The molecule has 1 fully saturated rings. The lowest BCUT2D eigenvalue weighted by Gasteiger charge is -2.37. The maximum Gasteiger partial charge on any atom is 0.323 e. The van der Waals surface area contributed by atoms with E-state index in [0.29, 0.717) is 26.1 Å². The first kappa shape index (κ1) is 13.4. The first-order valence-electron chi connectivity index (χ1n) is 5.67. The van der Waals surface area contributed by atoms with Crippen molar-refractivity contribution in [3.63, 3.8) is 0 Å². The van der Waals surface area contributed by atoms with Crippen LogP contribution in [0.1, 0.15) is 25.7 Å². The first-order valence-corrected chi connectivity index (χ1v) is 5.67. The second kappa shape index (κ2) is 6.18. The van der Waals surface area contributed by atoms with Gasteiger partial charge in [0.2, 0.25) is 0 Å². The van der Waals surface area contributed by atoms with Crippen molar-refractivity contribution < 1.29 is 19.4 Å². The predicted molar refractivity (Wildman–Crippen MR) is 59.5 cm³/mol. The Morgan fingerprint density at radius 1 is 1.56 bits per heavy atom. The molecule has 16 heavy (non-hydrogen) atoms. The van der Waals surface area contributed by atoms with Gasteiger partial charge in [-0.15, -0.1) is 0 Å². The van der Waals surface area contributed by atoms with Gasteiger partial charge in [-0.2, -0.15) is 0 Å². The summed E-state index contributed by atoms with van der Waals surface area (Å²) in [6.45, 7) is 1.08. The van der Waals surface area contributed by atoms with Gasteiger partial charge in [-0.05, 0) is 26.3 Å². The fourth-order valence-corrected chi connectivity index (χ4v) is 2.19. The Labute approximate surface area is 96.1 Å². The molecule has 5 nitrogen and oxygen atoms in total. The third kappa shape index (κ3) is 3.17. The smallest absolute Gasteiger partial charge is 0.323 e. The monoisotopic (exact) mass is 231 g/mol. The maximum absolute atomic E-state index is 11.2. The summed E-state index contributed by atoms with van der Waals surface area (Å²) in [5.41, 5.74) is -0.810. The number of rotatable bonds is 6. The summed E-state index contributed by atoms with van der Waals surface area (Å²) in [5.74, 6) is -0.782. The van der Waals surface area contributed by atoms with Crippen LogP contribution in [0.5, 0.6) is 0 Å². The first-order chi connectivity index (χ1) is 7.64. The SMILES string of the molecule is CNC1(C(=O)O)CCCC(OCCOC)C1. The number of carboxylic acid groups (broad SMARTS) is 1. The van der Waals surface area contributed by atoms with Crippen LogP contribution in [-0.2, 0) is 14.3 Å². The number of aliphatic carboxylic acids is 1. The minimum Gasteiger partial charge on any atom is -0.480 e. The van der Waals surface area contributed by atoms with Gasteiger partial charge in [-0.25, -0.2) is 0 Å².